The summed E-state index contributed by atoms with van der Waals surface area (Å²) in [5, 5.41) is 12.1. The van der Waals surface area contributed by atoms with E-state index in [1.807, 2.05) is 18.2 Å². The lowest BCUT2D eigenvalue weighted by atomic mass is 9.82. The molecule has 2 aromatic heterocycles. The van der Waals surface area contributed by atoms with E-state index in [0.29, 0.717) is 0 Å². The van der Waals surface area contributed by atoms with Crippen molar-refractivity contribution in [3.05, 3.63) is 170 Å². The van der Waals surface area contributed by atoms with Crippen molar-refractivity contribution in [1.29, 1.82) is 0 Å². The summed E-state index contributed by atoms with van der Waals surface area (Å²) >= 11 is 0. The minimum atomic E-state index is 0.770. The second kappa shape index (κ2) is 11.7. The third kappa shape index (κ3) is 4.64. The highest BCUT2D eigenvalue weighted by atomic mass is 15.2. The first kappa shape index (κ1) is 29.3. The second-order valence-corrected chi connectivity index (χ2v) is 13.1. The van der Waals surface area contributed by atoms with Crippen LogP contribution in [-0.4, -0.2) is 19.7 Å². The Kier molecular flexibility index (Phi) is 6.75. The summed E-state index contributed by atoms with van der Waals surface area (Å²) in [6.45, 7) is 2.12. The number of para-hydroxylation sites is 2. The van der Waals surface area contributed by atoms with Gasteiger partial charge in [-0.1, -0.05) is 134 Å². The molecule has 0 saturated heterocycles. The maximum absolute atomic E-state index is 4.84. The second-order valence-electron chi connectivity index (χ2n) is 13.1. The number of rotatable bonds is 6. The smallest absolute Gasteiger partial charge is 0.161 e. The van der Waals surface area contributed by atoms with Crippen LogP contribution in [0.25, 0.3) is 94.5 Å². The summed E-state index contributed by atoms with van der Waals surface area (Å²) in [7, 11) is 0. The molecule has 0 spiro atoms. The van der Waals surface area contributed by atoms with E-state index < -0.39 is 0 Å². The SMILES string of the molecule is CCc1nc2ccccc2n1-c1ccc(-c2cccc(-c3cc(-c4ccccc4)c4c(c3-c3ccccc3)-c3cccc5cccc-4c35)c2)nn1. The van der Waals surface area contributed by atoms with Crippen LogP contribution in [0.5, 0.6) is 0 Å². The number of imidazole rings is 1. The molecule has 9 aromatic rings. The average Bonchev–Trinajstić information content (AvgIpc) is 3.75. The molecule has 1 aliphatic rings. The maximum atomic E-state index is 4.84. The molecule has 0 N–H and O–H groups in total. The van der Waals surface area contributed by atoms with Crippen molar-refractivity contribution in [2.75, 3.05) is 0 Å². The molecular weight excluding hydrogens is 621 g/mol. The lowest BCUT2D eigenvalue weighted by Gasteiger charge is -2.21. The van der Waals surface area contributed by atoms with E-state index in [9.17, 15) is 0 Å². The van der Waals surface area contributed by atoms with Crippen LogP contribution in [-0.2, 0) is 6.42 Å². The van der Waals surface area contributed by atoms with Crippen molar-refractivity contribution in [2.24, 2.45) is 0 Å². The van der Waals surface area contributed by atoms with Gasteiger partial charge in [0.05, 0.1) is 16.7 Å². The molecule has 2 heterocycles. The normalized spacial score (nSPS) is 11.7. The number of aromatic nitrogens is 4. The van der Waals surface area contributed by atoms with Crippen molar-refractivity contribution >= 4 is 21.8 Å². The predicted molar refractivity (Wildman–Crippen MR) is 210 cm³/mol. The molecule has 0 amide bonds. The van der Waals surface area contributed by atoms with Gasteiger partial charge in [0.25, 0.3) is 0 Å². The highest BCUT2D eigenvalue weighted by Gasteiger charge is 2.30. The number of nitrogens with zero attached hydrogens (tertiary/aromatic N) is 4. The van der Waals surface area contributed by atoms with Crippen LogP contribution in [0, 0.1) is 0 Å². The van der Waals surface area contributed by atoms with E-state index in [1.165, 1.54) is 60.8 Å². The Morgan fingerprint density at radius 1 is 0.471 bits per heavy atom. The summed E-state index contributed by atoms with van der Waals surface area (Å²) in [6, 6.07) is 58.6. The van der Waals surface area contributed by atoms with Crippen molar-refractivity contribution in [3.63, 3.8) is 0 Å². The Hall–Kier alpha value is -6.65. The van der Waals surface area contributed by atoms with Gasteiger partial charge in [-0.25, -0.2) is 4.98 Å². The molecule has 0 aliphatic heterocycles. The van der Waals surface area contributed by atoms with Gasteiger partial charge in [-0.05, 0) is 103 Å². The average molecular weight is 653 g/mol. The van der Waals surface area contributed by atoms with E-state index in [4.69, 9.17) is 15.2 Å². The third-order valence-electron chi connectivity index (χ3n) is 10.2. The van der Waals surface area contributed by atoms with Crippen molar-refractivity contribution in [1.82, 2.24) is 19.7 Å². The van der Waals surface area contributed by atoms with Gasteiger partial charge < -0.3 is 0 Å². The molecule has 0 bridgehead atoms. The quantitative estimate of drug-likeness (QED) is 0.180. The van der Waals surface area contributed by atoms with Gasteiger partial charge in [0.15, 0.2) is 5.82 Å². The van der Waals surface area contributed by atoms with Gasteiger partial charge in [0, 0.05) is 12.0 Å². The van der Waals surface area contributed by atoms with E-state index in [2.05, 4.69) is 157 Å². The number of hydrogen-bond acceptors (Lipinski definition) is 3. The zero-order valence-electron chi connectivity index (χ0n) is 28.1. The fraction of sp³-hybridized carbons (Fsp3) is 0.0426. The number of fused-ring (bicyclic) bond motifs is 4. The molecular formula is C47H32N4. The molecule has 4 heteroatoms. The highest BCUT2D eigenvalue weighted by Crippen LogP contribution is 2.57. The summed E-state index contributed by atoms with van der Waals surface area (Å²) in [5.41, 5.74) is 16.2. The first-order valence-electron chi connectivity index (χ1n) is 17.5. The first-order valence-corrected chi connectivity index (χ1v) is 17.5. The van der Waals surface area contributed by atoms with Gasteiger partial charge in [0.1, 0.15) is 5.82 Å². The van der Waals surface area contributed by atoms with Gasteiger partial charge >= 0.3 is 0 Å². The van der Waals surface area contributed by atoms with E-state index in [0.717, 1.165) is 45.9 Å². The molecule has 0 saturated carbocycles. The largest absolute Gasteiger partial charge is 0.279 e. The summed E-state index contributed by atoms with van der Waals surface area (Å²) in [6.07, 6.45) is 0.801. The molecule has 1 aliphatic carbocycles. The highest BCUT2D eigenvalue weighted by molar-refractivity contribution is 6.22. The summed E-state index contributed by atoms with van der Waals surface area (Å²) in [4.78, 5) is 4.84. The van der Waals surface area contributed by atoms with Crippen molar-refractivity contribution in [2.45, 2.75) is 13.3 Å². The van der Waals surface area contributed by atoms with Crippen LogP contribution < -0.4 is 0 Å². The lowest BCUT2D eigenvalue weighted by Crippen LogP contribution is -2.04. The van der Waals surface area contributed by atoms with E-state index >= 15 is 0 Å². The fourth-order valence-corrected chi connectivity index (χ4v) is 7.98. The molecule has 0 radical (unpaired) electrons. The van der Waals surface area contributed by atoms with Gasteiger partial charge in [0.2, 0.25) is 0 Å². The standard InChI is InChI=1S/C47H32N4/c1-2-42-48-40-24-9-10-25-41(40)51(42)43-27-26-39(49-50-43)34-21-11-20-33(28-34)38-29-37(30-14-5-3-6-15-30)46-35-22-12-18-31-19-13-23-36(44(31)35)47(46)45(38)32-16-7-4-8-17-32/h3-29H,2H2,1H3. The van der Waals surface area contributed by atoms with Crippen molar-refractivity contribution in [3.8, 4) is 72.7 Å². The molecule has 7 aromatic carbocycles. The lowest BCUT2D eigenvalue weighted by molar-refractivity contribution is 0.856. The van der Waals surface area contributed by atoms with Gasteiger partial charge in [-0.15, -0.1) is 10.2 Å². The number of hydrogen-bond donors (Lipinski definition) is 0. The molecule has 0 fully saturated rings. The molecule has 0 unspecified atom stereocenters. The fourth-order valence-electron chi connectivity index (χ4n) is 7.98. The summed E-state index contributed by atoms with van der Waals surface area (Å²) in [5.74, 6) is 1.74. The Bertz CT molecular complexity index is 2760. The van der Waals surface area contributed by atoms with Crippen LogP contribution in [0.15, 0.2) is 164 Å². The van der Waals surface area contributed by atoms with Gasteiger partial charge in [-0.3, -0.25) is 4.57 Å². The number of aryl methyl sites for hydroxylation is 1. The first-order chi connectivity index (χ1) is 25.3. The van der Waals surface area contributed by atoms with E-state index in [1.54, 1.807) is 0 Å². The Balaban J connectivity index is 1.18. The minimum Gasteiger partial charge on any atom is -0.279 e. The minimum absolute atomic E-state index is 0.770. The van der Waals surface area contributed by atoms with Crippen molar-refractivity contribution < 1.29 is 0 Å². The Morgan fingerprint density at radius 3 is 1.86 bits per heavy atom. The molecule has 240 valence electrons. The predicted octanol–water partition coefficient (Wildman–Crippen LogP) is 11.8. The third-order valence-corrected chi connectivity index (χ3v) is 10.2. The zero-order chi connectivity index (χ0) is 33.9. The van der Waals surface area contributed by atoms with Crippen LogP contribution in [0.3, 0.4) is 0 Å². The molecule has 4 nitrogen and oxygen atoms in total. The number of benzene rings is 7. The summed E-state index contributed by atoms with van der Waals surface area (Å²) < 4.78 is 2.11. The maximum Gasteiger partial charge on any atom is 0.161 e. The van der Waals surface area contributed by atoms with Crippen LogP contribution in [0.4, 0.5) is 0 Å². The molecule has 51 heavy (non-hydrogen) atoms. The van der Waals surface area contributed by atoms with Crippen LogP contribution in [0.2, 0.25) is 0 Å². The Labute approximate surface area is 296 Å². The Morgan fingerprint density at radius 2 is 1.12 bits per heavy atom. The molecule has 10 rings (SSSR count). The zero-order valence-corrected chi connectivity index (χ0v) is 28.1. The van der Waals surface area contributed by atoms with Gasteiger partial charge in [-0.2, -0.15) is 0 Å². The monoisotopic (exact) mass is 652 g/mol. The van der Waals surface area contributed by atoms with Crippen LogP contribution >= 0.6 is 0 Å². The topological polar surface area (TPSA) is 43.6 Å². The molecule has 0 atom stereocenters. The van der Waals surface area contributed by atoms with Crippen LogP contribution in [0.1, 0.15) is 12.7 Å². The van der Waals surface area contributed by atoms with E-state index in [-0.39, 0.29) is 0 Å².